The molecule has 0 amide bonds. The van der Waals surface area contributed by atoms with Crippen LogP contribution >= 0.6 is 0 Å². The summed E-state index contributed by atoms with van der Waals surface area (Å²) in [6, 6.07) is 0. The molecule has 1 heterocycles. The van der Waals surface area contributed by atoms with E-state index in [1.54, 1.807) is 0 Å². The van der Waals surface area contributed by atoms with Crippen molar-refractivity contribution in [2.75, 3.05) is 13.2 Å². The molecule has 1 aliphatic heterocycles. The molecule has 2 unspecified atom stereocenters. The van der Waals surface area contributed by atoms with Crippen LogP contribution in [0.25, 0.3) is 0 Å². The molecule has 0 aromatic rings. The van der Waals surface area contributed by atoms with Crippen molar-refractivity contribution in [3.63, 3.8) is 0 Å². The Balaban J connectivity index is 2.31. The summed E-state index contributed by atoms with van der Waals surface area (Å²) in [4.78, 5) is 4.29. The van der Waals surface area contributed by atoms with Crippen LogP contribution in [0.15, 0.2) is 4.99 Å². The maximum Gasteiger partial charge on any atom is 0.0934 e. The van der Waals surface area contributed by atoms with Crippen molar-refractivity contribution >= 4 is 5.84 Å². The first-order valence-electron chi connectivity index (χ1n) is 4.64. The summed E-state index contributed by atoms with van der Waals surface area (Å²) in [5.41, 5.74) is 5.61. The topological polar surface area (TPSA) is 47.6 Å². The van der Waals surface area contributed by atoms with Crippen molar-refractivity contribution < 1.29 is 4.74 Å². The van der Waals surface area contributed by atoms with E-state index in [1.165, 1.54) is 0 Å². The summed E-state index contributed by atoms with van der Waals surface area (Å²) in [7, 11) is 0. The molecule has 0 aromatic carbocycles. The van der Waals surface area contributed by atoms with Crippen LogP contribution in [-0.4, -0.2) is 25.1 Å². The molecule has 0 bridgehead atoms. The summed E-state index contributed by atoms with van der Waals surface area (Å²) in [6.45, 7) is 5.84. The van der Waals surface area contributed by atoms with E-state index in [0.717, 1.165) is 31.8 Å². The van der Waals surface area contributed by atoms with Gasteiger partial charge in [0.1, 0.15) is 0 Å². The highest BCUT2D eigenvalue weighted by Crippen LogP contribution is 2.20. The lowest BCUT2D eigenvalue weighted by Gasteiger charge is -2.10. The molecule has 70 valence electrons. The molecular formula is C9H18N2O. The first-order valence-corrected chi connectivity index (χ1v) is 4.64. The zero-order valence-electron chi connectivity index (χ0n) is 7.92. The van der Waals surface area contributed by atoms with Gasteiger partial charge < -0.3 is 10.5 Å². The number of rotatable bonds is 3. The van der Waals surface area contributed by atoms with Crippen LogP contribution < -0.4 is 5.73 Å². The SMILES string of the molecule is CCC(N)=NCC1CCOC1C. The van der Waals surface area contributed by atoms with Crippen LogP contribution in [0.1, 0.15) is 26.7 Å². The number of nitrogens with zero attached hydrogens (tertiary/aromatic N) is 1. The van der Waals surface area contributed by atoms with E-state index in [-0.39, 0.29) is 0 Å². The Morgan fingerprint density at radius 3 is 2.92 bits per heavy atom. The highest BCUT2D eigenvalue weighted by atomic mass is 16.5. The molecule has 3 nitrogen and oxygen atoms in total. The molecule has 2 atom stereocenters. The Bertz CT molecular complexity index is 168. The molecular weight excluding hydrogens is 152 g/mol. The fraction of sp³-hybridized carbons (Fsp3) is 0.889. The lowest BCUT2D eigenvalue weighted by Crippen LogP contribution is -2.17. The van der Waals surface area contributed by atoms with Gasteiger partial charge in [0.2, 0.25) is 0 Å². The van der Waals surface area contributed by atoms with E-state index in [9.17, 15) is 0 Å². The zero-order valence-corrected chi connectivity index (χ0v) is 7.92. The van der Waals surface area contributed by atoms with Gasteiger partial charge in [0, 0.05) is 25.5 Å². The Morgan fingerprint density at radius 1 is 1.67 bits per heavy atom. The van der Waals surface area contributed by atoms with Crippen molar-refractivity contribution in [1.29, 1.82) is 0 Å². The summed E-state index contributed by atoms with van der Waals surface area (Å²) in [5, 5.41) is 0. The van der Waals surface area contributed by atoms with Crippen LogP contribution in [0.3, 0.4) is 0 Å². The fourth-order valence-corrected chi connectivity index (χ4v) is 1.36. The van der Waals surface area contributed by atoms with E-state index in [2.05, 4.69) is 11.9 Å². The van der Waals surface area contributed by atoms with Gasteiger partial charge in [-0.05, 0) is 13.3 Å². The normalized spacial score (nSPS) is 31.0. The van der Waals surface area contributed by atoms with Crippen molar-refractivity contribution in [3.05, 3.63) is 0 Å². The van der Waals surface area contributed by atoms with Crippen molar-refractivity contribution in [3.8, 4) is 0 Å². The maximum atomic E-state index is 5.61. The van der Waals surface area contributed by atoms with E-state index in [0.29, 0.717) is 12.0 Å². The lowest BCUT2D eigenvalue weighted by molar-refractivity contribution is 0.107. The van der Waals surface area contributed by atoms with E-state index in [1.807, 2.05) is 6.92 Å². The van der Waals surface area contributed by atoms with Crippen LogP contribution in [-0.2, 0) is 4.74 Å². The first-order chi connectivity index (χ1) is 5.74. The number of nitrogens with two attached hydrogens (primary N) is 1. The van der Waals surface area contributed by atoms with Gasteiger partial charge in [-0.25, -0.2) is 0 Å². The molecule has 0 spiro atoms. The predicted octanol–water partition coefficient (Wildman–Crippen LogP) is 1.18. The third-order valence-corrected chi connectivity index (χ3v) is 2.42. The first kappa shape index (κ1) is 9.52. The van der Waals surface area contributed by atoms with Crippen LogP contribution in [0.4, 0.5) is 0 Å². The van der Waals surface area contributed by atoms with Gasteiger partial charge >= 0.3 is 0 Å². The third-order valence-electron chi connectivity index (χ3n) is 2.42. The molecule has 1 aliphatic rings. The van der Waals surface area contributed by atoms with E-state index >= 15 is 0 Å². The minimum absolute atomic E-state index is 0.360. The fourth-order valence-electron chi connectivity index (χ4n) is 1.36. The van der Waals surface area contributed by atoms with Crippen LogP contribution in [0, 0.1) is 5.92 Å². The Hall–Kier alpha value is -0.570. The molecule has 0 aromatic heterocycles. The average molecular weight is 170 g/mol. The van der Waals surface area contributed by atoms with Crippen LogP contribution in [0.2, 0.25) is 0 Å². The van der Waals surface area contributed by atoms with Crippen molar-refractivity contribution in [1.82, 2.24) is 0 Å². The quantitative estimate of drug-likeness (QED) is 0.510. The van der Waals surface area contributed by atoms with Gasteiger partial charge in [-0.1, -0.05) is 6.92 Å². The monoisotopic (exact) mass is 170 g/mol. The van der Waals surface area contributed by atoms with Gasteiger partial charge in [0.15, 0.2) is 0 Å². The molecule has 0 saturated carbocycles. The Morgan fingerprint density at radius 2 is 2.42 bits per heavy atom. The smallest absolute Gasteiger partial charge is 0.0934 e. The lowest BCUT2D eigenvalue weighted by atomic mass is 10.0. The summed E-state index contributed by atoms with van der Waals surface area (Å²) >= 11 is 0. The second-order valence-electron chi connectivity index (χ2n) is 3.31. The molecule has 1 fully saturated rings. The molecule has 0 radical (unpaired) electrons. The average Bonchev–Trinajstić information content (AvgIpc) is 2.47. The molecule has 0 aliphatic carbocycles. The second-order valence-corrected chi connectivity index (χ2v) is 3.31. The van der Waals surface area contributed by atoms with Crippen molar-refractivity contribution in [2.45, 2.75) is 32.8 Å². The number of ether oxygens (including phenoxy) is 1. The van der Waals surface area contributed by atoms with E-state index in [4.69, 9.17) is 10.5 Å². The molecule has 1 saturated heterocycles. The van der Waals surface area contributed by atoms with E-state index < -0.39 is 0 Å². The largest absolute Gasteiger partial charge is 0.387 e. The van der Waals surface area contributed by atoms with Gasteiger partial charge in [-0.3, -0.25) is 4.99 Å². The minimum atomic E-state index is 0.360. The maximum absolute atomic E-state index is 5.61. The van der Waals surface area contributed by atoms with Gasteiger partial charge in [-0.15, -0.1) is 0 Å². The standard InChI is InChI=1S/C9H18N2O/c1-3-9(10)11-6-8-4-5-12-7(8)2/h7-8H,3-6H2,1-2H3,(H2,10,11). The van der Waals surface area contributed by atoms with Crippen molar-refractivity contribution in [2.24, 2.45) is 16.6 Å². The number of hydrogen-bond acceptors (Lipinski definition) is 2. The molecule has 3 heteroatoms. The Kier molecular flexibility index (Phi) is 3.53. The highest BCUT2D eigenvalue weighted by molar-refractivity contribution is 5.79. The van der Waals surface area contributed by atoms with Gasteiger partial charge in [0.05, 0.1) is 11.9 Å². The Labute approximate surface area is 74.0 Å². The third kappa shape index (κ3) is 2.48. The number of hydrogen-bond donors (Lipinski definition) is 1. The van der Waals surface area contributed by atoms with Gasteiger partial charge in [-0.2, -0.15) is 0 Å². The minimum Gasteiger partial charge on any atom is -0.387 e. The number of aliphatic imine (C=N–C) groups is 1. The van der Waals surface area contributed by atoms with Crippen LogP contribution in [0.5, 0.6) is 0 Å². The molecule has 1 rings (SSSR count). The number of amidine groups is 1. The second kappa shape index (κ2) is 4.45. The summed E-state index contributed by atoms with van der Waals surface area (Å²) in [6.07, 6.45) is 2.34. The summed E-state index contributed by atoms with van der Waals surface area (Å²) < 4.78 is 5.42. The molecule has 12 heavy (non-hydrogen) atoms. The predicted molar refractivity (Wildman–Crippen MR) is 50.3 cm³/mol. The summed E-state index contributed by atoms with van der Waals surface area (Å²) in [5.74, 6) is 1.34. The molecule has 2 N–H and O–H groups in total. The van der Waals surface area contributed by atoms with Gasteiger partial charge in [0.25, 0.3) is 0 Å². The highest BCUT2D eigenvalue weighted by Gasteiger charge is 2.23. The zero-order chi connectivity index (χ0) is 8.97.